The molecule has 3 aromatic rings. The third-order valence-corrected chi connectivity index (χ3v) is 7.13. The van der Waals surface area contributed by atoms with Gasteiger partial charge in [0, 0.05) is 56.0 Å². The van der Waals surface area contributed by atoms with Gasteiger partial charge in [0.1, 0.15) is 17.3 Å². The van der Waals surface area contributed by atoms with E-state index in [-0.39, 0.29) is 16.9 Å². The summed E-state index contributed by atoms with van der Waals surface area (Å²) in [6.07, 6.45) is 3.19. The quantitative estimate of drug-likeness (QED) is 0.304. The van der Waals surface area contributed by atoms with Gasteiger partial charge >= 0.3 is 0 Å². The molecular weight excluding hydrogens is 484 g/mol. The number of Topliss-reactive ketones (excluding diaryl/α,β-unsaturated/α-hetero) is 1. The summed E-state index contributed by atoms with van der Waals surface area (Å²) in [5.41, 5.74) is 2.54. The number of aromatic nitrogens is 1. The normalized spacial score (nSPS) is 19.6. The molecule has 1 N–H and O–H groups in total. The van der Waals surface area contributed by atoms with E-state index in [0.29, 0.717) is 22.7 Å². The van der Waals surface area contributed by atoms with Crippen molar-refractivity contribution in [2.24, 2.45) is 0 Å². The molecule has 0 spiro atoms. The lowest BCUT2D eigenvalue weighted by Gasteiger charge is -2.34. The van der Waals surface area contributed by atoms with Crippen molar-refractivity contribution >= 4 is 28.8 Å². The number of carbonyl (C=O) groups is 2. The van der Waals surface area contributed by atoms with Crippen molar-refractivity contribution < 1.29 is 24.2 Å². The Morgan fingerprint density at radius 2 is 1.55 bits per heavy atom. The lowest BCUT2D eigenvalue weighted by atomic mass is 9.95. The molecule has 9 nitrogen and oxygen atoms in total. The summed E-state index contributed by atoms with van der Waals surface area (Å²) in [6.45, 7) is 3.79. The van der Waals surface area contributed by atoms with Crippen molar-refractivity contribution in [3.05, 3.63) is 83.7 Å². The number of hydrogen-bond donors (Lipinski definition) is 1. The second-order valence-corrected chi connectivity index (χ2v) is 9.32. The summed E-state index contributed by atoms with van der Waals surface area (Å²) < 4.78 is 10.7. The molecule has 1 atom stereocenters. The van der Waals surface area contributed by atoms with E-state index in [1.54, 1.807) is 42.7 Å². The minimum Gasteiger partial charge on any atom is -0.507 e. The Labute approximate surface area is 221 Å². The summed E-state index contributed by atoms with van der Waals surface area (Å²) in [6, 6.07) is 15.1. The van der Waals surface area contributed by atoms with Crippen molar-refractivity contribution in [2.75, 3.05) is 57.2 Å². The molecule has 1 unspecified atom stereocenters. The van der Waals surface area contributed by atoms with E-state index >= 15 is 0 Å². The number of methoxy groups -OCH3 is 2. The number of aliphatic hydroxyl groups is 1. The van der Waals surface area contributed by atoms with Crippen LogP contribution in [-0.2, 0) is 9.59 Å². The first-order valence-electron chi connectivity index (χ1n) is 12.4. The van der Waals surface area contributed by atoms with Gasteiger partial charge in [-0.25, -0.2) is 0 Å². The van der Waals surface area contributed by atoms with E-state index in [1.807, 2.05) is 24.3 Å². The average molecular weight is 515 g/mol. The van der Waals surface area contributed by atoms with Gasteiger partial charge in [-0.15, -0.1) is 0 Å². The van der Waals surface area contributed by atoms with Crippen molar-refractivity contribution in [2.45, 2.75) is 6.04 Å². The number of rotatable bonds is 6. The Balaban J connectivity index is 1.59. The number of nitrogens with zero attached hydrogens (tertiary/aromatic N) is 4. The molecule has 0 bridgehead atoms. The maximum atomic E-state index is 13.5. The zero-order chi connectivity index (χ0) is 26.8. The first kappa shape index (κ1) is 25.3. The zero-order valence-electron chi connectivity index (χ0n) is 21.6. The standard InChI is InChI=1S/C29H30N4O5/c1-31-14-16-32(17-15-31)20-4-6-21(7-5-20)33-26(19-10-12-30-13-11-19)25(28(35)29(33)36)27(34)23-9-8-22(37-2)18-24(23)38-3/h4-13,18,26,34H,14-17H2,1-3H3/b27-25-. The van der Waals surface area contributed by atoms with Crippen molar-refractivity contribution in [3.8, 4) is 11.5 Å². The lowest BCUT2D eigenvalue weighted by Crippen LogP contribution is -2.44. The van der Waals surface area contributed by atoms with Gasteiger partial charge in [-0.05, 0) is 61.1 Å². The third-order valence-electron chi connectivity index (χ3n) is 7.13. The number of hydrogen-bond acceptors (Lipinski definition) is 8. The van der Waals surface area contributed by atoms with Gasteiger partial charge in [0.05, 0.1) is 31.4 Å². The van der Waals surface area contributed by atoms with Crippen LogP contribution in [0.15, 0.2) is 72.6 Å². The SMILES string of the molecule is COc1ccc(/C(O)=C2/C(=O)C(=O)N(c3ccc(N4CCN(C)CC4)cc3)C2c2ccncc2)c(OC)c1. The van der Waals surface area contributed by atoms with Crippen LogP contribution in [0.1, 0.15) is 17.2 Å². The molecule has 2 fully saturated rings. The Hall–Kier alpha value is -4.37. The minimum absolute atomic E-state index is 0.0205. The minimum atomic E-state index is -0.848. The van der Waals surface area contributed by atoms with Gasteiger partial charge in [0.15, 0.2) is 0 Å². The van der Waals surface area contributed by atoms with E-state index in [1.165, 1.54) is 19.1 Å². The average Bonchev–Trinajstić information content (AvgIpc) is 3.23. The van der Waals surface area contributed by atoms with Crippen LogP contribution in [0.25, 0.3) is 5.76 Å². The number of carbonyl (C=O) groups excluding carboxylic acids is 2. The Morgan fingerprint density at radius 1 is 0.895 bits per heavy atom. The second kappa shape index (κ2) is 10.5. The monoisotopic (exact) mass is 514 g/mol. The summed E-state index contributed by atoms with van der Waals surface area (Å²) in [7, 11) is 5.10. The predicted octanol–water partition coefficient (Wildman–Crippen LogP) is 3.48. The van der Waals surface area contributed by atoms with Gasteiger partial charge < -0.3 is 24.4 Å². The van der Waals surface area contributed by atoms with Gasteiger partial charge in [-0.1, -0.05) is 0 Å². The fourth-order valence-electron chi connectivity index (χ4n) is 4.99. The molecule has 3 heterocycles. The molecule has 5 rings (SSSR count). The van der Waals surface area contributed by atoms with Crippen LogP contribution in [0, 0.1) is 0 Å². The maximum Gasteiger partial charge on any atom is 0.300 e. The van der Waals surface area contributed by atoms with Crippen LogP contribution in [0.2, 0.25) is 0 Å². The number of anilines is 2. The van der Waals surface area contributed by atoms with E-state index in [9.17, 15) is 14.7 Å². The van der Waals surface area contributed by atoms with Crippen LogP contribution < -0.4 is 19.3 Å². The third kappa shape index (κ3) is 4.56. The molecule has 2 aliphatic heterocycles. The summed E-state index contributed by atoms with van der Waals surface area (Å²) in [5, 5.41) is 11.4. The smallest absolute Gasteiger partial charge is 0.300 e. The molecule has 1 aromatic heterocycles. The molecule has 2 saturated heterocycles. The Bertz CT molecular complexity index is 1370. The molecule has 9 heteroatoms. The topological polar surface area (TPSA) is 95.4 Å². The number of pyridine rings is 1. The predicted molar refractivity (Wildman–Crippen MR) is 145 cm³/mol. The number of aliphatic hydroxyl groups excluding tert-OH is 1. The van der Waals surface area contributed by atoms with Crippen LogP contribution in [0.5, 0.6) is 11.5 Å². The summed E-state index contributed by atoms with van der Waals surface area (Å²) in [4.78, 5) is 37.0. The largest absolute Gasteiger partial charge is 0.507 e. The summed E-state index contributed by atoms with van der Waals surface area (Å²) >= 11 is 0. The van der Waals surface area contributed by atoms with Gasteiger partial charge in [-0.2, -0.15) is 0 Å². The highest BCUT2D eigenvalue weighted by molar-refractivity contribution is 6.51. The van der Waals surface area contributed by atoms with Crippen LogP contribution in [-0.4, -0.2) is 74.1 Å². The Kier molecular flexibility index (Phi) is 7.02. The fourth-order valence-corrected chi connectivity index (χ4v) is 4.99. The number of benzene rings is 2. The first-order valence-corrected chi connectivity index (χ1v) is 12.4. The van der Waals surface area contributed by atoms with Gasteiger partial charge in [0.2, 0.25) is 0 Å². The van der Waals surface area contributed by atoms with Gasteiger partial charge in [-0.3, -0.25) is 19.5 Å². The van der Waals surface area contributed by atoms with Crippen LogP contribution in [0.4, 0.5) is 11.4 Å². The molecule has 2 aromatic carbocycles. The highest BCUT2D eigenvalue weighted by Crippen LogP contribution is 2.43. The number of ketones is 1. The van der Waals surface area contributed by atoms with E-state index < -0.39 is 17.7 Å². The van der Waals surface area contributed by atoms with E-state index in [4.69, 9.17) is 9.47 Å². The maximum absolute atomic E-state index is 13.5. The highest BCUT2D eigenvalue weighted by atomic mass is 16.5. The molecule has 1 amide bonds. The number of piperazine rings is 1. The molecule has 196 valence electrons. The molecule has 0 saturated carbocycles. The van der Waals surface area contributed by atoms with E-state index in [2.05, 4.69) is 21.8 Å². The lowest BCUT2D eigenvalue weighted by molar-refractivity contribution is -0.132. The van der Waals surface area contributed by atoms with Crippen LogP contribution in [0.3, 0.4) is 0 Å². The summed E-state index contributed by atoms with van der Waals surface area (Å²) in [5.74, 6) is -0.956. The second-order valence-electron chi connectivity index (χ2n) is 9.32. The molecule has 0 radical (unpaired) electrons. The number of likely N-dealkylation sites (N-methyl/N-ethyl adjacent to an activating group) is 1. The van der Waals surface area contributed by atoms with Crippen molar-refractivity contribution in [3.63, 3.8) is 0 Å². The highest BCUT2D eigenvalue weighted by Gasteiger charge is 2.47. The number of ether oxygens (including phenoxy) is 2. The molecule has 0 aliphatic carbocycles. The first-order chi connectivity index (χ1) is 18.4. The fraction of sp³-hybridized carbons (Fsp3) is 0.276. The Morgan fingerprint density at radius 3 is 2.18 bits per heavy atom. The molecule has 2 aliphatic rings. The number of amides is 1. The van der Waals surface area contributed by atoms with Gasteiger partial charge in [0.25, 0.3) is 11.7 Å². The van der Waals surface area contributed by atoms with Crippen molar-refractivity contribution in [1.82, 2.24) is 9.88 Å². The molecule has 38 heavy (non-hydrogen) atoms. The zero-order valence-corrected chi connectivity index (χ0v) is 21.6. The van der Waals surface area contributed by atoms with Crippen molar-refractivity contribution in [1.29, 1.82) is 0 Å². The molecular formula is C29H30N4O5. The van der Waals surface area contributed by atoms with Crippen LogP contribution >= 0.6 is 0 Å². The van der Waals surface area contributed by atoms with E-state index in [0.717, 1.165) is 31.9 Å².